The van der Waals surface area contributed by atoms with E-state index < -0.39 is 0 Å². The smallest absolute Gasteiger partial charge is 0.100 e. The molecule has 2 aromatic rings. The van der Waals surface area contributed by atoms with Crippen molar-refractivity contribution in [3.05, 3.63) is 53.5 Å². The molecule has 0 saturated carbocycles. The highest BCUT2D eigenvalue weighted by Crippen LogP contribution is 2.31. The molecule has 0 spiro atoms. The monoisotopic (exact) mass is 387 g/mol. The van der Waals surface area contributed by atoms with Crippen LogP contribution >= 0.6 is 11.8 Å². The fourth-order valence-corrected chi connectivity index (χ4v) is 4.68. The van der Waals surface area contributed by atoms with Crippen LogP contribution in [0.4, 0.5) is 5.69 Å². The number of anilines is 1. The molecule has 4 rings (SSSR count). The summed E-state index contributed by atoms with van der Waals surface area (Å²) in [7, 11) is 0. The van der Waals surface area contributed by atoms with Gasteiger partial charge in [-0.2, -0.15) is 11.8 Å². The van der Waals surface area contributed by atoms with Crippen molar-refractivity contribution in [1.29, 1.82) is 0 Å². The third-order valence-electron chi connectivity index (χ3n) is 5.30. The van der Waals surface area contributed by atoms with Gasteiger partial charge >= 0.3 is 0 Å². The largest absolute Gasteiger partial charge is 0.470 e. The minimum absolute atomic E-state index is 0.0442. The Kier molecular flexibility index (Phi) is 7.68. The summed E-state index contributed by atoms with van der Waals surface area (Å²) in [6.07, 6.45) is 5.69. The number of hydrogen-bond donors (Lipinski definition) is 1. The van der Waals surface area contributed by atoms with Crippen LogP contribution in [0.15, 0.2) is 41.0 Å². The maximum Gasteiger partial charge on any atom is 0.100 e. The molecule has 2 N–H and O–H groups in total. The van der Waals surface area contributed by atoms with Crippen LogP contribution < -0.4 is 10.6 Å². The maximum atomic E-state index is 6.64. The van der Waals surface area contributed by atoms with Crippen molar-refractivity contribution in [2.75, 3.05) is 42.6 Å². The first-order valence-corrected chi connectivity index (χ1v) is 11.2. The highest BCUT2D eigenvalue weighted by atomic mass is 32.2. The SMILES string of the molecule is Cc1ccc(N2CCCCC2)c(C(N)N2CCSCC2)c1.Cc1ccco1. The molecule has 27 heavy (non-hydrogen) atoms. The van der Waals surface area contributed by atoms with Gasteiger partial charge in [0.05, 0.1) is 12.4 Å². The number of rotatable bonds is 3. The molecule has 1 aromatic heterocycles. The van der Waals surface area contributed by atoms with Crippen LogP contribution in [0.25, 0.3) is 0 Å². The number of piperidine rings is 1. The third-order valence-corrected chi connectivity index (χ3v) is 6.24. The fraction of sp³-hybridized carbons (Fsp3) is 0.545. The van der Waals surface area contributed by atoms with Gasteiger partial charge in [0.1, 0.15) is 5.76 Å². The quantitative estimate of drug-likeness (QED) is 0.835. The van der Waals surface area contributed by atoms with E-state index in [0.717, 1.165) is 18.8 Å². The normalized spacial score (nSPS) is 19.3. The Morgan fingerprint density at radius 3 is 2.33 bits per heavy atom. The van der Waals surface area contributed by atoms with Gasteiger partial charge in [-0.3, -0.25) is 4.90 Å². The highest BCUT2D eigenvalue weighted by Gasteiger charge is 2.23. The topological polar surface area (TPSA) is 45.6 Å². The van der Waals surface area contributed by atoms with E-state index in [1.807, 2.05) is 30.8 Å². The van der Waals surface area contributed by atoms with E-state index in [1.54, 1.807) is 6.26 Å². The van der Waals surface area contributed by atoms with E-state index in [4.69, 9.17) is 10.2 Å². The Labute approximate surface area is 168 Å². The molecule has 0 amide bonds. The number of hydrogen-bond acceptors (Lipinski definition) is 5. The third kappa shape index (κ3) is 5.77. The average Bonchev–Trinajstić information content (AvgIpc) is 3.20. The Bertz CT molecular complexity index is 677. The molecule has 1 aromatic carbocycles. The van der Waals surface area contributed by atoms with E-state index in [0.29, 0.717) is 0 Å². The second kappa shape index (κ2) is 10.2. The number of benzene rings is 1. The van der Waals surface area contributed by atoms with Gasteiger partial charge < -0.3 is 15.1 Å². The van der Waals surface area contributed by atoms with Crippen molar-refractivity contribution < 1.29 is 4.42 Å². The number of nitrogens with two attached hydrogens (primary N) is 1. The van der Waals surface area contributed by atoms with E-state index >= 15 is 0 Å². The first-order valence-electron chi connectivity index (χ1n) is 10.1. The average molecular weight is 388 g/mol. The van der Waals surface area contributed by atoms with Gasteiger partial charge in [-0.1, -0.05) is 17.7 Å². The molecule has 0 radical (unpaired) electrons. The molecule has 148 valence electrons. The second-order valence-corrected chi connectivity index (χ2v) is 8.65. The van der Waals surface area contributed by atoms with Gasteiger partial charge in [-0.05, 0) is 51.3 Å². The van der Waals surface area contributed by atoms with Crippen molar-refractivity contribution >= 4 is 17.4 Å². The summed E-state index contributed by atoms with van der Waals surface area (Å²) in [5.41, 5.74) is 10.6. The van der Waals surface area contributed by atoms with E-state index in [1.165, 1.54) is 60.7 Å². The zero-order chi connectivity index (χ0) is 19.1. The van der Waals surface area contributed by atoms with Gasteiger partial charge in [0.2, 0.25) is 0 Å². The van der Waals surface area contributed by atoms with E-state index in [2.05, 4.69) is 34.9 Å². The lowest BCUT2D eigenvalue weighted by Gasteiger charge is -2.36. The summed E-state index contributed by atoms with van der Waals surface area (Å²) in [5.74, 6) is 3.38. The standard InChI is InChI=1S/C17H27N3S.C5H6O/c1-14-5-6-16(19-7-3-2-4-8-19)15(13-14)17(18)20-9-11-21-12-10-20;1-5-3-2-4-6-5/h5-6,13,17H,2-4,7-12,18H2,1H3;2-4H,1H3. The van der Waals surface area contributed by atoms with Gasteiger partial charge in [-0.15, -0.1) is 0 Å². The highest BCUT2D eigenvalue weighted by molar-refractivity contribution is 7.99. The summed E-state index contributed by atoms with van der Waals surface area (Å²) in [5, 5.41) is 0. The molecule has 2 aliphatic rings. The van der Waals surface area contributed by atoms with Crippen LogP contribution in [0.2, 0.25) is 0 Å². The molecule has 2 fully saturated rings. The minimum atomic E-state index is 0.0442. The summed E-state index contributed by atoms with van der Waals surface area (Å²) in [6, 6.07) is 10.6. The number of nitrogens with zero attached hydrogens (tertiary/aromatic N) is 2. The first-order chi connectivity index (χ1) is 13.1. The molecular formula is C22H33N3OS. The zero-order valence-electron chi connectivity index (χ0n) is 16.7. The Morgan fingerprint density at radius 2 is 1.74 bits per heavy atom. The number of furan rings is 1. The Balaban J connectivity index is 0.000000299. The summed E-state index contributed by atoms with van der Waals surface area (Å²) in [6.45, 7) is 8.66. The lowest BCUT2D eigenvalue weighted by Crippen LogP contribution is -2.41. The Hall–Kier alpha value is -1.43. The maximum absolute atomic E-state index is 6.64. The van der Waals surface area contributed by atoms with Crippen molar-refractivity contribution in [2.24, 2.45) is 5.73 Å². The van der Waals surface area contributed by atoms with Gasteiger partial charge in [0.25, 0.3) is 0 Å². The molecule has 2 aliphatic heterocycles. The summed E-state index contributed by atoms with van der Waals surface area (Å²) < 4.78 is 4.83. The molecule has 0 bridgehead atoms. The van der Waals surface area contributed by atoms with Gasteiger partial charge in [-0.25, -0.2) is 0 Å². The zero-order valence-corrected chi connectivity index (χ0v) is 17.5. The van der Waals surface area contributed by atoms with Crippen LogP contribution in [0.1, 0.15) is 42.3 Å². The molecule has 4 nitrogen and oxygen atoms in total. The van der Waals surface area contributed by atoms with Gasteiger partial charge in [0, 0.05) is 48.9 Å². The van der Waals surface area contributed by atoms with Crippen molar-refractivity contribution in [3.8, 4) is 0 Å². The lowest BCUT2D eigenvalue weighted by molar-refractivity contribution is 0.223. The fourth-order valence-electron chi connectivity index (χ4n) is 3.75. The molecule has 1 atom stereocenters. The predicted octanol–water partition coefficient (Wildman–Crippen LogP) is 4.58. The van der Waals surface area contributed by atoms with Crippen LogP contribution in [-0.2, 0) is 0 Å². The van der Waals surface area contributed by atoms with Crippen molar-refractivity contribution in [1.82, 2.24) is 4.90 Å². The van der Waals surface area contributed by atoms with E-state index in [9.17, 15) is 0 Å². The Morgan fingerprint density at radius 1 is 1.00 bits per heavy atom. The van der Waals surface area contributed by atoms with E-state index in [-0.39, 0.29) is 6.17 Å². The van der Waals surface area contributed by atoms with Gasteiger partial charge in [0.15, 0.2) is 0 Å². The molecule has 2 saturated heterocycles. The first kappa shape index (κ1) is 20.3. The van der Waals surface area contributed by atoms with Crippen LogP contribution in [0, 0.1) is 13.8 Å². The van der Waals surface area contributed by atoms with Crippen molar-refractivity contribution in [2.45, 2.75) is 39.3 Å². The van der Waals surface area contributed by atoms with Crippen LogP contribution in [0.3, 0.4) is 0 Å². The molecule has 3 heterocycles. The predicted molar refractivity (Wildman–Crippen MR) is 117 cm³/mol. The number of thioether (sulfide) groups is 1. The van der Waals surface area contributed by atoms with Crippen LogP contribution in [-0.4, -0.2) is 42.6 Å². The molecule has 0 aliphatic carbocycles. The number of aryl methyl sites for hydroxylation is 2. The van der Waals surface area contributed by atoms with Crippen molar-refractivity contribution in [3.63, 3.8) is 0 Å². The second-order valence-electron chi connectivity index (χ2n) is 7.43. The lowest BCUT2D eigenvalue weighted by atomic mass is 10.0. The molecular weight excluding hydrogens is 354 g/mol. The molecule has 1 unspecified atom stereocenters. The minimum Gasteiger partial charge on any atom is -0.470 e. The summed E-state index contributed by atoms with van der Waals surface area (Å²) in [4.78, 5) is 4.98. The van der Waals surface area contributed by atoms with Crippen LogP contribution in [0.5, 0.6) is 0 Å². The molecule has 5 heteroatoms. The summed E-state index contributed by atoms with van der Waals surface area (Å²) >= 11 is 2.04.